The molecule has 0 amide bonds. The van der Waals surface area contributed by atoms with Gasteiger partial charge in [0.15, 0.2) is 0 Å². The second-order valence-corrected chi connectivity index (χ2v) is 7.08. The summed E-state index contributed by atoms with van der Waals surface area (Å²) in [5.41, 5.74) is 9.05. The molecule has 0 aliphatic rings. The molecule has 0 bridgehead atoms. The first-order valence-corrected chi connectivity index (χ1v) is 8.17. The fourth-order valence-electron chi connectivity index (χ4n) is 2.95. The molecular formula is C17H17N5S. The molecule has 4 rings (SSSR count). The molecule has 6 heteroatoms. The highest BCUT2D eigenvalue weighted by molar-refractivity contribution is 7.15. The lowest BCUT2D eigenvalue weighted by molar-refractivity contribution is 1.07. The largest absolute Gasteiger partial charge is 0.368 e. The molecule has 0 saturated carbocycles. The van der Waals surface area contributed by atoms with Crippen molar-refractivity contribution in [1.82, 2.24) is 15.0 Å². The van der Waals surface area contributed by atoms with Crippen molar-refractivity contribution in [2.75, 3.05) is 24.7 Å². The van der Waals surface area contributed by atoms with Crippen molar-refractivity contribution in [2.45, 2.75) is 6.92 Å². The van der Waals surface area contributed by atoms with E-state index in [-0.39, 0.29) is 0 Å². The molecule has 0 atom stereocenters. The van der Waals surface area contributed by atoms with Crippen molar-refractivity contribution in [3.8, 4) is 10.4 Å². The Kier molecular flexibility index (Phi) is 3.02. The van der Waals surface area contributed by atoms with Crippen LogP contribution >= 0.6 is 11.3 Å². The van der Waals surface area contributed by atoms with Gasteiger partial charge in [-0.3, -0.25) is 0 Å². The molecule has 3 N–H and O–H groups in total. The average molecular weight is 323 g/mol. The highest BCUT2D eigenvalue weighted by Gasteiger charge is 2.16. The van der Waals surface area contributed by atoms with Gasteiger partial charge in [0, 0.05) is 41.0 Å². The van der Waals surface area contributed by atoms with Crippen molar-refractivity contribution < 1.29 is 0 Å². The third-order valence-electron chi connectivity index (χ3n) is 3.93. The lowest BCUT2D eigenvalue weighted by Crippen LogP contribution is -2.13. The van der Waals surface area contributed by atoms with Crippen molar-refractivity contribution in [1.29, 1.82) is 0 Å². The summed E-state index contributed by atoms with van der Waals surface area (Å²) in [7, 11) is 3.94. The molecule has 1 aromatic carbocycles. The fraction of sp³-hybridized carbons (Fsp3) is 0.176. The maximum Gasteiger partial charge on any atom is 0.222 e. The summed E-state index contributed by atoms with van der Waals surface area (Å²) in [5.74, 6) is 1.13. The molecule has 4 aromatic rings. The third kappa shape index (κ3) is 2.14. The molecule has 0 spiro atoms. The van der Waals surface area contributed by atoms with Crippen LogP contribution in [0.5, 0.6) is 0 Å². The Morgan fingerprint density at radius 2 is 2.00 bits per heavy atom. The standard InChI is InChI=1S/C17H17N5S/c1-9-4-5-13(23-9)11-8-12-14(10-6-7-19-15(10)11)16(22(2)3)21-17(18)20-12/h4-8,19H,1-3H3,(H2,18,20,21). The topological polar surface area (TPSA) is 70.8 Å². The zero-order chi connectivity index (χ0) is 16.1. The van der Waals surface area contributed by atoms with Crippen LogP contribution in [0, 0.1) is 6.92 Å². The normalized spacial score (nSPS) is 11.4. The van der Waals surface area contributed by atoms with Crippen LogP contribution in [0.15, 0.2) is 30.5 Å². The van der Waals surface area contributed by atoms with Gasteiger partial charge in [-0.1, -0.05) is 0 Å². The highest BCUT2D eigenvalue weighted by atomic mass is 32.1. The van der Waals surface area contributed by atoms with Crippen LogP contribution in [-0.4, -0.2) is 29.0 Å². The van der Waals surface area contributed by atoms with Gasteiger partial charge in [0.05, 0.1) is 16.4 Å². The van der Waals surface area contributed by atoms with E-state index < -0.39 is 0 Å². The lowest BCUT2D eigenvalue weighted by Gasteiger charge is -2.16. The van der Waals surface area contributed by atoms with Crippen LogP contribution in [-0.2, 0) is 0 Å². The number of anilines is 2. The first-order chi connectivity index (χ1) is 11.0. The minimum atomic E-state index is 0.296. The average Bonchev–Trinajstić information content (AvgIpc) is 3.14. The highest BCUT2D eigenvalue weighted by Crippen LogP contribution is 2.39. The van der Waals surface area contributed by atoms with E-state index in [1.165, 1.54) is 9.75 Å². The molecule has 5 nitrogen and oxygen atoms in total. The summed E-state index contributed by atoms with van der Waals surface area (Å²) in [6.45, 7) is 2.12. The first-order valence-electron chi connectivity index (χ1n) is 7.36. The SMILES string of the molecule is Cc1ccc(-c2cc3nc(N)nc(N(C)C)c3c3cc[nH]c23)s1. The number of aromatic nitrogens is 3. The lowest BCUT2D eigenvalue weighted by atomic mass is 10.0. The fourth-order valence-corrected chi connectivity index (χ4v) is 3.84. The monoisotopic (exact) mass is 323 g/mol. The number of hydrogen-bond acceptors (Lipinski definition) is 5. The maximum atomic E-state index is 5.92. The Morgan fingerprint density at radius 3 is 2.70 bits per heavy atom. The van der Waals surface area contributed by atoms with Gasteiger partial charge in [-0.05, 0) is 31.2 Å². The van der Waals surface area contributed by atoms with E-state index in [1.54, 1.807) is 11.3 Å². The van der Waals surface area contributed by atoms with E-state index >= 15 is 0 Å². The quantitative estimate of drug-likeness (QED) is 0.589. The zero-order valence-electron chi connectivity index (χ0n) is 13.2. The first kappa shape index (κ1) is 14.0. The van der Waals surface area contributed by atoms with Gasteiger partial charge in [0.25, 0.3) is 0 Å². The van der Waals surface area contributed by atoms with Gasteiger partial charge >= 0.3 is 0 Å². The van der Waals surface area contributed by atoms with E-state index in [2.05, 4.69) is 46.1 Å². The summed E-state index contributed by atoms with van der Waals surface area (Å²) in [6, 6.07) is 8.47. The Hall–Kier alpha value is -2.60. The van der Waals surface area contributed by atoms with Crippen molar-refractivity contribution in [3.63, 3.8) is 0 Å². The number of hydrogen-bond donors (Lipinski definition) is 2. The molecule has 0 radical (unpaired) electrons. The van der Waals surface area contributed by atoms with Crippen LogP contribution in [0.25, 0.3) is 32.2 Å². The maximum absolute atomic E-state index is 5.92. The van der Waals surface area contributed by atoms with Gasteiger partial charge in [-0.2, -0.15) is 4.98 Å². The van der Waals surface area contributed by atoms with E-state index in [4.69, 9.17) is 5.73 Å². The number of nitrogens with one attached hydrogen (secondary N) is 1. The van der Waals surface area contributed by atoms with Gasteiger partial charge in [-0.15, -0.1) is 11.3 Å². The number of nitrogens with zero attached hydrogens (tertiary/aromatic N) is 3. The number of H-pyrrole nitrogens is 1. The number of nitrogen functional groups attached to an aromatic ring is 1. The Bertz CT molecular complexity index is 1030. The number of aromatic amines is 1. The van der Waals surface area contributed by atoms with Gasteiger partial charge in [0.1, 0.15) is 5.82 Å². The van der Waals surface area contributed by atoms with Gasteiger partial charge < -0.3 is 15.6 Å². The molecular weight excluding hydrogens is 306 g/mol. The number of rotatable bonds is 2. The van der Waals surface area contributed by atoms with E-state index in [0.29, 0.717) is 5.95 Å². The summed E-state index contributed by atoms with van der Waals surface area (Å²) in [6.07, 6.45) is 1.96. The Morgan fingerprint density at radius 1 is 1.17 bits per heavy atom. The second-order valence-electron chi connectivity index (χ2n) is 5.79. The number of thiophene rings is 1. The zero-order valence-corrected chi connectivity index (χ0v) is 14.0. The Balaban J connectivity index is 2.16. The summed E-state index contributed by atoms with van der Waals surface area (Å²) in [4.78, 5) is 16.7. The molecule has 0 fully saturated rings. The minimum absolute atomic E-state index is 0.296. The summed E-state index contributed by atoms with van der Waals surface area (Å²) < 4.78 is 0. The number of fused-ring (bicyclic) bond motifs is 3. The predicted molar refractivity (Wildman–Crippen MR) is 98.2 cm³/mol. The second kappa shape index (κ2) is 4.96. The van der Waals surface area contributed by atoms with Crippen molar-refractivity contribution >= 4 is 44.9 Å². The van der Waals surface area contributed by atoms with Crippen LogP contribution in [0.2, 0.25) is 0 Å². The third-order valence-corrected chi connectivity index (χ3v) is 4.97. The molecule has 0 aliphatic heterocycles. The summed E-state index contributed by atoms with van der Waals surface area (Å²) >= 11 is 1.78. The number of benzene rings is 1. The van der Waals surface area contributed by atoms with Crippen LogP contribution < -0.4 is 10.6 Å². The number of nitrogens with two attached hydrogens (primary N) is 1. The molecule has 0 saturated heterocycles. The molecule has 3 heterocycles. The van der Waals surface area contributed by atoms with Crippen molar-refractivity contribution in [2.24, 2.45) is 0 Å². The van der Waals surface area contributed by atoms with E-state index in [0.717, 1.165) is 33.2 Å². The van der Waals surface area contributed by atoms with Crippen molar-refractivity contribution in [3.05, 3.63) is 35.3 Å². The molecule has 23 heavy (non-hydrogen) atoms. The molecule has 0 unspecified atom stereocenters. The Labute approximate surface area is 137 Å². The summed E-state index contributed by atoms with van der Waals surface area (Å²) in [5, 5.41) is 2.14. The smallest absolute Gasteiger partial charge is 0.222 e. The van der Waals surface area contributed by atoms with E-state index in [1.807, 2.05) is 25.2 Å². The molecule has 116 valence electrons. The van der Waals surface area contributed by atoms with Crippen LogP contribution in [0.1, 0.15) is 4.88 Å². The number of aryl methyl sites for hydroxylation is 1. The predicted octanol–water partition coefficient (Wildman–Crippen LogP) is 3.80. The van der Waals surface area contributed by atoms with Gasteiger partial charge in [0.2, 0.25) is 5.95 Å². The van der Waals surface area contributed by atoms with Crippen LogP contribution in [0.3, 0.4) is 0 Å². The van der Waals surface area contributed by atoms with E-state index in [9.17, 15) is 0 Å². The minimum Gasteiger partial charge on any atom is -0.368 e. The molecule has 3 aromatic heterocycles. The van der Waals surface area contributed by atoms with Gasteiger partial charge in [-0.25, -0.2) is 4.98 Å². The van der Waals surface area contributed by atoms with Crippen LogP contribution in [0.4, 0.5) is 11.8 Å². The molecule has 0 aliphatic carbocycles.